The number of nitrogens with one attached hydrogen (secondary N) is 1. The van der Waals surface area contributed by atoms with Crippen molar-refractivity contribution in [2.75, 3.05) is 17.9 Å². The van der Waals surface area contributed by atoms with Crippen LogP contribution in [0.25, 0.3) is 22.3 Å². The van der Waals surface area contributed by atoms with Crippen molar-refractivity contribution in [2.45, 2.75) is 6.42 Å². The maximum absolute atomic E-state index is 13.4. The first-order valence-corrected chi connectivity index (χ1v) is 12.3. The SMILES string of the molecule is CNC(=O)c1c(-c2ccc(F)cc2)oc2cc(N(CCc3ccc(Cl)cc3)S(=O)[O-])c(Br)cc12. The largest absolute Gasteiger partial charge is 0.755 e. The Kier molecular flexibility index (Phi) is 7.37. The third kappa shape index (κ3) is 5.02. The van der Waals surface area contributed by atoms with E-state index in [2.05, 4.69) is 21.2 Å². The van der Waals surface area contributed by atoms with Crippen molar-refractivity contribution >= 4 is 61.4 Å². The first kappa shape index (κ1) is 24.4. The molecule has 0 bridgehead atoms. The number of rotatable bonds is 7. The highest BCUT2D eigenvalue weighted by Gasteiger charge is 2.24. The van der Waals surface area contributed by atoms with Crippen LogP contribution in [0.15, 0.2) is 69.6 Å². The first-order valence-electron chi connectivity index (χ1n) is 10.1. The van der Waals surface area contributed by atoms with Gasteiger partial charge in [0.1, 0.15) is 17.2 Å². The summed E-state index contributed by atoms with van der Waals surface area (Å²) in [7, 11) is 1.50. The molecule has 1 N–H and O–H groups in total. The molecule has 0 fully saturated rings. The zero-order chi connectivity index (χ0) is 24.4. The minimum Gasteiger partial charge on any atom is -0.755 e. The van der Waals surface area contributed by atoms with E-state index < -0.39 is 17.1 Å². The highest BCUT2D eigenvalue weighted by molar-refractivity contribution is 9.10. The van der Waals surface area contributed by atoms with Crippen LogP contribution < -0.4 is 9.62 Å². The van der Waals surface area contributed by atoms with Crippen LogP contribution in [0, 0.1) is 5.82 Å². The number of fused-ring (bicyclic) bond motifs is 1. The number of benzene rings is 3. The van der Waals surface area contributed by atoms with Crippen molar-refractivity contribution in [3.05, 3.63) is 87.1 Å². The highest BCUT2D eigenvalue weighted by Crippen LogP contribution is 2.39. The minimum atomic E-state index is -2.57. The van der Waals surface area contributed by atoms with Gasteiger partial charge in [0.05, 0.1) is 11.3 Å². The van der Waals surface area contributed by atoms with Gasteiger partial charge in [0.15, 0.2) is 0 Å². The molecule has 1 aromatic heterocycles. The lowest BCUT2D eigenvalue weighted by Gasteiger charge is -2.27. The smallest absolute Gasteiger partial charge is 0.255 e. The van der Waals surface area contributed by atoms with Crippen LogP contribution in [0.4, 0.5) is 10.1 Å². The number of halogens is 3. The summed E-state index contributed by atoms with van der Waals surface area (Å²) in [5, 5.41) is 3.68. The topological polar surface area (TPSA) is 85.6 Å². The van der Waals surface area contributed by atoms with Gasteiger partial charge in [0, 0.05) is 51.4 Å². The molecule has 4 rings (SSSR count). The Morgan fingerprint density at radius 2 is 1.85 bits per heavy atom. The number of amides is 1. The number of furan rings is 1. The fraction of sp³-hybridized carbons (Fsp3) is 0.125. The molecular formula is C24H18BrClFN2O4S-. The third-order valence-corrected chi connectivity index (χ3v) is 6.91. The van der Waals surface area contributed by atoms with Crippen molar-refractivity contribution in [3.63, 3.8) is 0 Å². The van der Waals surface area contributed by atoms with Crippen LogP contribution >= 0.6 is 27.5 Å². The van der Waals surface area contributed by atoms with Gasteiger partial charge < -0.3 is 18.6 Å². The van der Waals surface area contributed by atoms with E-state index in [0.717, 1.165) is 5.56 Å². The fourth-order valence-electron chi connectivity index (χ4n) is 3.61. The molecule has 0 radical (unpaired) electrons. The van der Waals surface area contributed by atoms with Crippen molar-refractivity contribution in [3.8, 4) is 11.3 Å². The maximum atomic E-state index is 13.4. The molecule has 34 heavy (non-hydrogen) atoms. The van der Waals surface area contributed by atoms with E-state index in [1.807, 2.05) is 12.1 Å². The number of carbonyl (C=O) groups is 1. The molecule has 176 valence electrons. The van der Waals surface area contributed by atoms with Gasteiger partial charge in [-0.25, -0.2) is 4.39 Å². The van der Waals surface area contributed by atoms with Crippen LogP contribution in [-0.2, 0) is 17.7 Å². The monoisotopic (exact) mass is 563 g/mol. The zero-order valence-electron chi connectivity index (χ0n) is 17.8. The zero-order valence-corrected chi connectivity index (χ0v) is 21.0. The summed E-state index contributed by atoms with van der Waals surface area (Å²) in [6.07, 6.45) is 0.456. The molecule has 0 saturated heterocycles. The van der Waals surface area contributed by atoms with Crippen molar-refractivity contribution < 1.29 is 22.4 Å². The second-order valence-electron chi connectivity index (χ2n) is 7.39. The molecule has 1 unspecified atom stereocenters. The molecule has 1 amide bonds. The lowest BCUT2D eigenvalue weighted by atomic mass is 10.0. The summed E-state index contributed by atoms with van der Waals surface area (Å²) in [6.45, 7) is 0.176. The second kappa shape index (κ2) is 10.3. The van der Waals surface area contributed by atoms with Crippen LogP contribution in [0.2, 0.25) is 5.02 Å². The molecule has 6 nitrogen and oxygen atoms in total. The first-order chi connectivity index (χ1) is 16.3. The van der Waals surface area contributed by atoms with Crippen LogP contribution in [0.3, 0.4) is 0 Å². The number of carbonyl (C=O) groups excluding carboxylic acids is 1. The molecule has 0 saturated carbocycles. The second-order valence-corrected chi connectivity index (χ2v) is 9.55. The third-order valence-electron chi connectivity index (χ3n) is 5.28. The molecule has 1 atom stereocenters. The Morgan fingerprint density at radius 1 is 1.18 bits per heavy atom. The summed E-state index contributed by atoms with van der Waals surface area (Å²) >= 11 is 6.80. The van der Waals surface area contributed by atoms with Gasteiger partial charge in [-0.3, -0.25) is 9.00 Å². The van der Waals surface area contributed by atoms with Gasteiger partial charge in [-0.05, 0) is 70.4 Å². The van der Waals surface area contributed by atoms with Gasteiger partial charge in [0.25, 0.3) is 5.91 Å². The normalized spacial score (nSPS) is 12.0. The summed E-state index contributed by atoms with van der Waals surface area (Å²) in [4.78, 5) is 12.7. The highest BCUT2D eigenvalue weighted by atomic mass is 79.9. The van der Waals surface area contributed by atoms with Gasteiger partial charge in [-0.2, -0.15) is 0 Å². The summed E-state index contributed by atoms with van der Waals surface area (Å²) in [5.74, 6) is -0.542. The quantitative estimate of drug-likeness (QED) is 0.285. The molecule has 3 aromatic carbocycles. The number of anilines is 1. The Hall–Kier alpha value is -2.72. The standard InChI is InChI=1S/C24H19BrClFN2O4S/c1-28-24(30)22-18-12-19(25)20(13-21(18)33-23(22)15-4-8-17(27)9-5-15)29(34(31)32)11-10-14-2-6-16(26)7-3-14/h2-9,12-13H,10-11H2,1H3,(H,28,30)(H,31,32)/p-1. The average Bonchev–Trinajstić information content (AvgIpc) is 3.18. The summed E-state index contributed by atoms with van der Waals surface area (Å²) in [5.41, 5.74) is 2.39. The molecule has 4 aromatic rings. The van der Waals surface area contributed by atoms with E-state index in [-0.39, 0.29) is 23.8 Å². The molecule has 0 aliphatic rings. The Labute approximate surface area is 211 Å². The van der Waals surface area contributed by atoms with E-state index in [9.17, 15) is 17.9 Å². The number of hydrogen-bond acceptors (Lipinski definition) is 4. The Balaban J connectivity index is 1.78. The summed E-state index contributed by atoms with van der Waals surface area (Å²) < 4.78 is 45.3. The lowest BCUT2D eigenvalue weighted by molar-refractivity contribution is 0.0964. The maximum Gasteiger partial charge on any atom is 0.255 e. The predicted molar refractivity (Wildman–Crippen MR) is 134 cm³/mol. The van der Waals surface area contributed by atoms with Gasteiger partial charge in [-0.15, -0.1) is 0 Å². The van der Waals surface area contributed by atoms with Gasteiger partial charge >= 0.3 is 0 Å². The van der Waals surface area contributed by atoms with Crippen molar-refractivity contribution in [1.29, 1.82) is 0 Å². The molecule has 1 heterocycles. The Bertz CT molecular complexity index is 1380. The number of nitrogens with zero attached hydrogens (tertiary/aromatic N) is 1. The molecule has 0 aliphatic heterocycles. The van der Waals surface area contributed by atoms with Crippen LogP contribution in [0.5, 0.6) is 0 Å². The molecular weight excluding hydrogens is 547 g/mol. The fourth-order valence-corrected chi connectivity index (χ4v) is 4.96. The Morgan fingerprint density at radius 3 is 2.47 bits per heavy atom. The average molecular weight is 565 g/mol. The van der Waals surface area contributed by atoms with E-state index in [0.29, 0.717) is 38.1 Å². The van der Waals surface area contributed by atoms with E-state index >= 15 is 0 Å². The van der Waals surface area contributed by atoms with Crippen LogP contribution in [0.1, 0.15) is 15.9 Å². The van der Waals surface area contributed by atoms with Gasteiger partial charge in [0.2, 0.25) is 0 Å². The van der Waals surface area contributed by atoms with E-state index in [4.69, 9.17) is 16.0 Å². The molecule has 0 aliphatic carbocycles. The summed E-state index contributed by atoms with van der Waals surface area (Å²) in [6, 6.07) is 16.0. The predicted octanol–water partition coefficient (Wildman–Crippen LogP) is 5.86. The van der Waals surface area contributed by atoms with Crippen molar-refractivity contribution in [2.24, 2.45) is 0 Å². The molecule has 10 heteroatoms. The van der Waals surface area contributed by atoms with E-state index in [1.54, 1.807) is 24.3 Å². The van der Waals surface area contributed by atoms with Crippen LogP contribution in [-0.4, -0.2) is 28.3 Å². The molecule has 0 spiro atoms. The van der Waals surface area contributed by atoms with Crippen molar-refractivity contribution in [1.82, 2.24) is 5.32 Å². The lowest BCUT2D eigenvalue weighted by Crippen LogP contribution is -2.28. The van der Waals surface area contributed by atoms with Gasteiger partial charge in [-0.1, -0.05) is 23.7 Å². The minimum absolute atomic E-state index is 0.176. The van der Waals surface area contributed by atoms with E-state index in [1.165, 1.54) is 35.6 Å². The number of hydrogen-bond donors (Lipinski definition) is 1.